The number of nitrogens with one attached hydrogen (secondary N) is 1. The van der Waals surface area contributed by atoms with Crippen LogP contribution in [0.25, 0.3) is 0 Å². The number of amides is 1. The Morgan fingerprint density at radius 2 is 1.94 bits per heavy atom. The second-order valence-electron chi connectivity index (χ2n) is 6.91. The van der Waals surface area contributed by atoms with Gasteiger partial charge >= 0.3 is 0 Å². The molecule has 2 heterocycles. The van der Waals surface area contributed by atoms with Crippen molar-refractivity contribution in [2.24, 2.45) is 0 Å². The molecule has 1 amide bonds. The number of fused-ring (bicyclic) bond motifs is 1. The number of halogens is 1. The number of hydrogen-bond donors (Lipinski definition) is 1. The molecule has 0 aliphatic carbocycles. The first-order valence-electron chi connectivity index (χ1n) is 9.58. The van der Waals surface area contributed by atoms with E-state index >= 15 is 0 Å². The molecule has 162 valence electrons. The number of thiophene rings is 1. The first-order valence-corrected chi connectivity index (χ1v) is 12.3. The fourth-order valence-electron chi connectivity index (χ4n) is 3.66. The van der Waals surface area contributed by atoms with Gasteiger partial charge < -0.3 is 14.8 Å². The molecule has 1 aliphatic rings. The van der Waals surface area contributed by atoms with Crippen LogP contribution in [-0.2, 0) is 14.6 Å². The van der Waals surface area contributed by atoms with E-state index in [1.165, 1.54) is 35.6 Å². The summed E-state index contributed by atoms with van der Waals surface area (Å²) >= 11 is 7.21. The Morgan fingerprint density at radius 3 is 2.61 bits per heavy atom. The van der Waals surface area contributed by atoms with E-state index in [1.54, 1.807) is 18.6 Å². The molecule has 0 radical (unpaired) electrons. The molecule has 1 atom stereocenters. The maximum absolute atomic E-state index is 13.3. The van der Waals surface area contributed by atoms with E-state index in [1.807, 2.05) is 19.1 Å². The highest BCUT2D eigenvalue weighted by Gasteiger charge is 2.36. The highest BCUT2D eigenvalue weighted by molar-refractivity contribution is 7.91. The number of rotatable bonds is 6. The van der Waals surface area contributed by atoms with Gasteiger partial charge in [0.05, 0.1) is 24.3 Å². The number of sulfone groups is 1. The molecule has 9 heteroatoms. The predicted molar refractivity (Wildman–Crippen MR) is 120 cm³/mol. The zero-order chi connectivity index (χ0) is 22.2. The molecule has 0 unspecified atom stereocenters. The molecule has 1 aromatic heterocycles. The smallest absolute Gasteiger partial charge is 0.225 e. The van der Waals surface area contributed by atoms with E-state index in [0.29, 0.717) is 28.8 Å². The third-order valence-electron chi connectivity index (χ3n) is 5.06. The molecule has 1 N–H and O–H groups in total. The molecule has 2 aromatic carbocycles. The molecule has 0 spiro atoms. The van der Waals surface area contributed by atoms with Crippen molar-refractivity contribution < 1.29 is 22.7 Å². The van der Waals surface area contributed by atoms with Gasteiger partial charge in [0.2, 0.25) is 15.7 Å². The lowest BCUT2D eigenvalue weighted by molar-refractivity contribution is -0.116. The lowest BCUT2D eigenvalue weighted by Gasteiger charge is -2.26. The number of carbonyl (C=O) groups excluding carboxylic acids is 1. The Bertz CT molecular complexity index is 1240. The number of hydrogen-bond acceptors (Lipinski definition) is 6. The summed E-state index contributed by atoms with van der Waals surface area (Å²) in [6.45, 7) is 2.30. The van der Waals surface area contributed by atoms with Crippen molar-refractivity contribution in [1.29, 1.82) is 0 Å². The highest BCUT2D eigenvalue weighted by atomic mass is 35.5. The van der Waals surface area contributed by atoms with Crippen LogP contribution in [0.3, 0.4) is 0 Å². The van der Waals surface area contributed by atoms with Crippen molar-refractivity contribution in [2.75, 3.05) is 19.0 Å². The van der Waals surface area contributed by atoms with Crippen LogP contribution in [0.15, 0.2) is 57.6 Å². The predicted octanol–water partition coefficient (Wildman–Crippen LogP) is 5.12. The molecule has 6 nitrogen and oxygen atoms in total. The van der Waals surface area contributed by atoms with Crippen molar-refractivity contribution in [2.45, 2.75) is 29.1 Å². The summed E-state index contributed by atoms with van der Waals surface area (Å²) in [5.41, 5.74) is 1.11. The molecule has 0 saturated heterocycles. The SMILES string of the molecule is CCOc1c(OC)cccc1[C@@H]1CC(=O)Nc2c(S(=O)(=O)c3ccc(Cl)cc3)csc21. The Kier molecular flexibility index (Phi) is 5.96. The maximum Gasteiger partial charge on any atom is 0.225 e. The molecule has 0 fully saturated rings. The number of para-hydroxylation sites is 1. The summed E-state index contributed by atoms with van der Waals surface area (Å²) in [5, 5.41) is 4.79. The van der Waals surface area contributed by atoms with Gasteiger partial charge in [-0.25, -0.2) is 8.42 Å². The van der Waals surface area contributed by atoms with E-state index in [-0.39, 0.29) is 28.0 Å². The second kappa shape index (κ2) is 8.53. The lowest BCUT2D eigenvalue weighted by Crippen LogP contribution is -2.24. The molecular weight excluding hydrogens is 458 g/mol. The standard InChI is InChI=1S/C22H20ClNO5S2/c1-3-29-21-15(5-4-6-17(21)28-2)16-11-19(25)24-20-18(12-30-22(16)20)31(26,27)14-9-7-13(23)8-10-14/h4-10,12,16H,3,11H2,1-2H3,(H,24,25)/t16-/m0/s1. The van der Waals surface area contributed by atoms with Gasteiger partial charge in [0.25, 0.3) is 0 Å². The van der Waals surface area contributed by atoms with Crippen LogP contribution in [0.1, 0.15) is 29.7 Å². The summed E-state index contributed by atoms with van der Waals surface area (Å²) < 4.78 is 37.8. The van der Waals surface area contributed by atoms with Crippen LogP contribution < -0.4 is 14.8 Å². The van der Waals surface area contributed by atoms with Crippen LogP contribution in [0, 0.1) is 0 Å². The zero-order valence-corrected chi connectivity index (χ0v) is 19.2. The van der Waals surface area contributed by atoms with Crippen molar-refractivity contribution in [3.8, 4) is 11.5 Å². The van der Waals surface area contributed by atoms with Gasteiger partial charge in [-0.05, 0) is 37.3 Å². The van der Waals surface area contributed by atoms with Crippen molar-refractivity contribution in [3.63, 3.8) is 0 Å². The third-order valence-corrected chi connectivity index (χ3v) is 8.35. The minimum atomic E-state index is -3.83. The number of benzene rings is 2. The average molecular weight is 478 g/mol. The summed E-state index contributed by atoms with van der Waals surface area (Å²) in [6, 6.07) is 11.5. The van der Waals surface area contributed by atoms with Crippen LogP contribution in [0.2, 0.25) is 5.02 Å². The molecule has 3 aromatic rings. The van der Waals surface area contributed by atoms with Gasteiger partial charge in [0, 0.05) is 33.2 Å². The minimum absolute atomic E-state index is 0.0775. The Labute approximate surface area is 189 Å². The molecule has 4 rings (SSSR count). The maximum atomic E-state index is 13.3. The third kappa shape index (κ3) is 3.91. The molecule has 0 bridgehead atoms. The quantitative estimate of drug-likeness (QED) is 0.533. The minimum Gasteiger partial charge on any atom is -0.493 e. The number of ether oxygens (including phenoxy) is 2. The van der Waals surface area contributed by atoms with Crippen molar-refractivity contribution >= 4 is 44.4 Å². The van der Waals surface area contributed by atoms with Gasteiger partial charge in [-0.15, -0.1) is 11.3 Å². The summed E-state index contributed by atoms with van der Waals surface area (Å²) in [4.78, 5) is 13.6. The Balaban J connectivity index is 1.85. The normalized spacial score (nSPS) is 15.8. The van der Waals surface area contributed by atoms with Crippen molar-refractivity contribution in [3.05, 3.63) is 63.3 Å². The van der Waals surface area contributed by atoms with Crippen LogP contribution >= 0.6 is 22.9 Å². The number of anilines is 1. The van der Waals surface area contributed by atoms with E-state index in [0.717, 1.165) is 10.4 Å². The monoisotopic (exact) mass is 477 g/mol. The zero-order valence-electron chi connectivity index (χ0n) is 16.8. The highest BCUT2D eigenvalue weighted by Crippen LogP contribution is 2.49. The van der Waals surface area contributed by atoms with Gasteiger partial charge in [-0.1, -0.05) is 23.7 Å². The fraction of sp³-hybridized carbons (Fsp3) is 0.227. The lowest BCUT2D eigenvalue weighted by atomic mass is 9.89. The van der Waals surface area contributed by atoms with E-state index in [9.17, 15) is 13.2 Å². The molecule has 31 heavy (non-hydrogen) atoms. The molecule has 1 aliphatic heterocycles. The second-order valence-corrected chi connectivity index (χ2v) is 10.2. The van der Waals surface area contributed by atoms with Crippen molar-refractivity contribution in [1.82, 2.24) is 0 Å². The number of carbonyl (C=O) groups is 1. The van der Waals surface area contributed by atoms with Gasteiger partial charge in [0.15, 0.2) is 11.5 Å². The molecular formula is C22H20ClNO5S2. The number of methoxy groups -OCH3 is 1. The Morgan fingerprint density at radius 1 is 1.19 bits per heavy atom. The van der Waals surface area contributed by atoms with Gasteiger partial charge in [-0.3, -0.25) is 4.79 Å². The topological polar surface area (TPSA) is 81.7 Å². The van der Waals surface area contributed by atoms with E-state index in [2.05, 4.69) is 5.32 Å². The summed E-state index contributed by atoms with van der Waals surface area (Å²) in [7, 11) is -2.28. The van der Waals surface area contributed by atoms with Crippen LogP contribution in [0.4, 0.5) is 5.69 Å². The van der Waals surface area contributed by atoms with Gasteiger partial charge in [0.1, 0.15) is 4.90 Å². The first kappa shape index (κ1) is 21.7. The first-order chi connectivity index (χ1) is 14.9. The largest absolute Gasteiger partial charge is 0.493 e. The Hall–Kier alpha value is -2.55. The molecule has 0 saturated carbocycles. The summed E-state index contributed by atoms with van der Waals surface area (Å²) in [5.74, 6) is 0.527. The average Bonchev–Trinajstić information content (AvgIpc) is 3.18. The van der Waals surface area contributed by atoms with Crippen LogP contribution in [0.5, 0.6) is 11.5 Å². The van der Waals surface area contributed by atoms with Gasteiger partial charge in [-0.2, -0.15) is 0 Å². The fourth-order valence-corrected chi connectivity index (χ4v) is 6.69. The van der Waals surface area contributed by atoms with E-state index < -0.39 is 9.84 Å². The van der Waals surface area contributed by atoms with E-state index in [4.69, 9.17) is 21.1 Å². The summed E-state index contributed by atoms with van der Waals surface area (Å²) in [6.07, 6.45) is 0.182. The van der Waals surface area contributed by atoms with Crippen LogP contribution in [-0.4, -0.2) is 28.0 Å².